The van der Waals surface area contributed by atoms with Crippen LogP contribution in [0.5, 0.6) is 0 Å². The molecular weight excluding hydrogens is 317 g/mol. The molecule has 0 bridgehead atoms. The third-order valence-corrected chi connectivity index (χ3v) is 3.57. The smallest absolute Gasteiger partial charge is 0.253 e. The van der Waals surface area contributed by atoms with Crippen LogP contribution in [0.2, 0.25) is 0 Å². The minimum atomic E-state index is 0.0782. The van der Waals surface area contributed by atoms with E-state index >= 15 is 0 Å². The Labute approximate surface area is 109 Å². The van der Waals surface area contributed by atoms with Crippen molar-refractivity contribution in [3.05, 3.63) is 33.4 Å². The van der Waals surface area contributed by atoms with Crippen LogP contribution in [0.4, 0.5) is 0 Å². The highest BCUT2D eigenvalue weighted by atomic mass is 127. The summed E-state index contributed by atoms with van der Waals surface area (Å²) in [5.74, 6) is 0.334. The zero-order valence-electron chi connectivity index (χ0n) is 8.90. The molecule has 0 radical (unpaired) electrons. The lowest BCUT2D eigenvalue weighted by atomic mass is 10.1. The van der Waals surface area contributed by atoms with Gasteiger partial charge in [-0.05, 0) is 47.2 Å². The maximum Gasteiger partial charge on any atom is 0.253 e. The number of halogens is 1. The summed E-state index contributed by atoms with van der Waals surface area (Å²) in [6.07, 6.45) is 0.909. The SMILES string of the molecule is O=C(c1cccc(I)c1)N1CCC(CO)C1. The molecule has 3 nitrogen and oxygen atoms in total. The van der Waals surface area contributed by atoms with Gasteiger partial charge in [-0.2, -0.15) is 0 Å². The molecule has 1 heterocycles. The van der Waals surface area contributed by atoms with Crippen molar-refractivity contribution in [2.45, 2.75) is 6.42 Å². The highest BCUT2D eigenvalue weighted by molar-refractivity contribution is 14.1. The van der Waals surface area contributed by atoms with Crippen molar-refractivity contribution >= 4 is 28.5 Å². The van der Waals surface area contributed by atoms with Crippen LogP contribution in [0, 0.1) is 9.49 Å². The number of carbonyl (C=O) groups excluding carboxylic acids is 1. The Balaban J connectivity index is 2.08. The first-order valence-corrected chi connectivity index (χ1v) is 6.44. The van der Waals surface area contributed by atoms with Gasteiger partial charge in [0.1, 0.15) is 0 Å². The molecule has 1 amide bonds. The van der Waals surface area contributed by atoms with Gasteiger partial charge in [0.05, 0.1) is 0 Å². The van der Waals surface area contributed by atoms with Crippen molar-refractivity contribution < 1.29 is 9.90 Å². The first-order valence-electron chi connectivity index (χ1n) is 5.36. The van der Waals surface area contributed by atoms with Crippen molar-refractivity contribution in [3.8, 4) is 0 Å². The number of hydrogen-bond donors (Lipinski definition) is 1. The Morgan fingerprint density at radius 2 is 2.38 bits per heavy atom. The predicted octanol–water partition coefficient (Wildman–Crippen LogP) is 1.75. The topological polar surface area (TPSA) is 40.5 Å². The highest BCUT2D eigenvalue weighted by Crippen LogP contribution is 2.18. The molecule has 1 N–H and O–H groups in total. The first-order chi connectivity index (χ1) is 7.70. The molecule has 1 aromatic carbocycles. The number of aliphatic hydroxyl groups is 1. The van der Waals surface area contributed by atoms with Crippen molar-refractivity contribution in [1.82, 2.24) is 4.90 Å². The van der Waals surface area contributed by atoms with Crippen LogP contribution in [0.1, 0.15) is 16.8 Å². The van der Waals surface area contributed by atoms with Crippen LogP contribution < -0.4 is 0 Å². The zero-order chi connectivity index (χ0) is 11.5. The third-order valence-electron chi connectivity index (χ3n) is 2.90. The molecule has 0 spiro atoms. The van der Waals surface area contributed by atoms with E-state index in [9.17, 15) is 4.79 Å². The van der Waals surface area contributed by atoms with E-state index in [1.807, 2.05) is 29.2 Å². The first kappa shape index (κ1) is 11.9. The normalized spacial score (nSPS) is 20.1. The lowest BCUT2D eigenvalue weighted by Crippen LogP contribution is -2.29. The van der Waals surface area contributed by atoms with Gasteiger partial charge in [0.2, 0.25) is 0 Å². The van der Waals surface area contributed by atoms with Crippen LogP contribution in [0.3, 0.4) is 0 Å². The van der Waals surface area contributed by atoms with Gasteiger partial charge in [0.15, 0.2) is 0 Å². The van der Waals surface area contributed by atoms with Crippen molar-refractivity contribution in [1.29, 1.82) is 0 Å². The lowest BCUT2D eigenvalue weighted by molar-refractivity contribution is 0.0782. The van der Waals surface area contributed by atoms with Crippen molar-refractivity contribution in [2.75, 3.05) is 19.7 Å². The molecule has 1 atom stereocenters. The number of rotatable bonds is 2. The largest absolute Gasteiger partial charge is 0.396 e. The van der Waals surface area contributed by atoms with Crippen LogP contribution in [0.25, 0.3) is 0 Å². The molecule has 1 fully saturated rings. The van der Waals surface area contributed by atoms with Crippen LogP contribution in [-0.2, 0) is 0 Å². The molecule has 16 heavy (non-hydrogen) atoms. The summed E-state index contributed by atoms with van der Waals surface area (Å²) < 4.78 is 1.07. The molecule has 1 unspecified atom stereocenters. The maximum absolute atomic E-state index is 12.1. The molecule has 1 aliphatic heterocycles. The van der Waals surface area contributed by atoms with Gasteiger partial charge in [-0.1, -0.05) is 6.07 Å². The van der Waals surface area contributed by atoms with E-state index in [0.717, 1.165) is 22.1 Å². The summed E-state index contributed by atoms with van der Waals surface area (Å²) in [6.45, 7) is 1.62. The van der Waals surface area contributed by atoms with Crippen LogP contribution >= 0.6 is 22.6 Å². The van der Waals surface area contributed by atoms with E-state index in [4.69, 9.17) is 5.11 Å². The van der Waals surface area contributed by atoms with Gasteiger partial charge >= 0.3 is 0 Å². The Hall–Kier alpha value is -0.620. The predicted molar refractivity (Wildman–Crippen MR) is 70.3 cm³/mol. The summed E-state index contributed by atoms with van der Waals surface area (Å²) in [7, 11) is 0. The number of nitrogens with zero attached hydrogens (tertiary/aromatic N) is 1. The summed E-state index contributed by atoms with van der Waals surface area (Å²) in [6, 6.07) is 7.61. The summed E-state index contributed by atoms with van der Waals surface area (Å²) in [4.78, 5) is 13.9. The zero-order valence-corrected chi connectivity index (χ0v) is 11.1. The monoisotopic (exact) mass is 331 g/mol. The molecule has 1 aliphatic rings. The average Bonchev–Trinajstić information content (AvgIpc) is 2.76. The minimum absolute atomic E-state index is 0.0782. The average molecular weight is 331 g/mol. The summed E-state index contributed by atoms with van der Waals surface area (Å²) >= 11 is 2.20. The Bertz CT molecular complexity index is 394. The molecule has 0 aromatic heterocycles. The van der Waals surface area contributed by atoms with Crippen LogP contribution in [-0.4, -0.2) is 35.6 Å². The van der Waals surface area contributed by atoms with Crippen LogP contribution in [0.15, 0.2) is 24.3 Å². The molecule has 2 rings (SSSR count). The number of likely N-dealkylation sites (tertiary alicyclic amines) is 1. The minimum Gasteiger partial charge on any atom is -0.396 e. The second-order valence-corrected chi connectivity index (χ2v) is 5.34. The van der Waals surface area contributed by atoms with E-state index in [0.29, 0.717) is 6.54 Å². The van der Waals surface area contributed by atoms with E-state index in [1.54, 1.807) is 0 Å². The van der Waals surface area contributed by atoms with E-state index < -0.39 is 0 Å². The fraction of sp³-hybridized carbons (Fsp3) is 0.417. The Morgan fingerprint density at radius 3 is 3.00 bits per heavy atom. The van der Waals surface area contributed by atoms with Crippen molar-refractivity contribution in [2.24, 2.45) is 5.92 Å². The lowest BCUT2D eigenvalue weighted by Gasteiger charge is -2.16. The second kappa shape index (κ2) is 5.14. The van der Waals surface area contributed by atoms with Gasteiger partial charge < -0.3 is 10.0 Å². The molecule has 0 aliphatic carbocycles. The molecule has 1 aromatic rings. The molecule has 4 heteroatoms. The number of benzene rings is 1. The van der Waals surface area contributed by atoms with E-state index in [1.165, 1.54) is 0 Å². The van der Waals surface area contributed by atoms with Gasteiger partial charge in [-0.3, -0.25) is 4.79 Å². The quantitative estimate of drug-likeness (QED) is 0.839. The fourth-order valence-corrected chi connectivity index (χ4v) is 2.51. The fourth-order valence-electron chi connectivity index (χ4n) is 1.97. The van der Waals surface area contributed by atoms with E-state index in [2.05, 4.69) is 22.6 Å². The number of amides is 1. The molecule has 1 saturated heterocycles. The van der Waals surface area contributed by atoms with Gasteiger partial charge in [-0.25, -0.2) is 0 Å². The van der Waals surface area contributed by atoms with E-state index in [-0.39, 0.29) is 18.4 Å². The Morgan fingerprint density at radius 1 is 1.56 bits per heavy atom. The van der Waals surface area contributed by atoms with Gasteiger partial charge in [0.25, 0.3) is 5.91 Å². The standard InChI is InChI=1S/C12H14INO2/c13-11-3-1-2-10(6-11)12(16)14-5-4-9(7-14)8-15/h1-3,6,9,15H,4-5,7-8H2. The molecular formula is C12H14INO2. The highest BCUT2D eigenvalue weighted by Gasteiger charge is 2.26. The van der Waals surface area contributed by atoms with Gasteiger partial charge in [0, 0.05) is 34.7 Å². The number of aliphatic hydroxyl groups excluding tert-OH is 1. The van der Waals surface area contributed by atoms with Crippen molar-refractivity contribution in [3.63, 3.8) is 0 Å². The molecule has 86 valence electrons. The number of carbonyl (C=O) groups is 1. The summed E-state index contributed by atoms with van der Waals surface area (Å²) in [5, 5.41) is 9.04. The third kappa shape index (κ3) is 2.55. The Kier molecular flexibility index (Phi) is 3.81. The maximum atomic E-state index is 12.1. The summed E-state index contributed by atoms with van der Waals surface area (Å²) in [5.41, 5.74) is 0.741. The van der Waals surface area contributed by atoms with Gasteiger partial charge in [-0.15, -0.1) is 0 Å². The number of hydrogen-bond acceptors (Lipinski definition) is 2. The molecule has 0 saturated carbocycles. The second-order valence-electron chi connectivity index (χ2n) is 4.10.